The van der Waals surface area contributed by atoms with Crippen molar-refractivity contribution in [2.45, 2.75) is 26.9 Å². The molecule has 0 saturated heterocycles. The van der Waals surface area contributed by atoms with Crippen molar-refractivity contribution in [3.05, 3.63) is 60.2 Å². The molecule has 118 valence electrons. The topological polar surface area (TPSA) is 36.8 Å². The minimum atomic E-state index is -0.181. The zero-order valence-corrected chi connectivity index (χ0v) is 14.3. The van der Waals surface area contributed by atoms with Crippen LogP contribution in [0.5, 0.6) is 0 Å². The lowest BCUT2D eigenvalue weighted by molar-refractivity contribution is 0.329. The van der Waals surface area contributed by atoms with Gasteiger partial charge in [-0.15, -0.1) is 0 Å². The van der Waals surface area contributed by atoms with Crippen molar-refractivity contribution in [3.8, 4) is 11.1 Å². The summed E-state index contributed by atoms with van der Waals surface area (Å²) in [5, 5.41) is 3.45. The normalized spacial score (nSPS) is 18.0. The second kappa shape index (κ2) is 6.17. The maximum absolute atomic E-state index is 6.15. The first-order chi connectivity index (χ1) is 10.9. The van der Waals surface area contributed by atoms with Gasteiger partial charge in [-0.25, -0.2) is 9.98 Å². The van der Waals surface area contributed by atoms with Crippen LogP contribution in [0.15, 0.2) is 64.6 Å². The lowest BCUT2D eigenvalue weighted by Gasteiger charge is -2.28. The summed E-state index contributed by atoms with van der Waals surface area (Å²) in [6, 6.07) is 18.6. The van der Waals surface area contributed by atoms with E-state index in [1.165, 1.54) is 11.1 Å². The number of aliphatic imine (C=N–C) groups is 2. The Kier molecular flexibility index (Phi) is 4.22. The summed E-state index contributed by atoms with van der Waals surface area (Å²) in [6.45, 7) is 6.32. The van der Waals surface area contributed by atoms with Crippen molar-refractivity contribution in [3.63, 3.8) is 0 Å². The zero-order chi connectivity index (χ0) is 16.4. The van der Waals surface area contributed by atoms with E-state index in [4.69, 9.17) is 16.6 Å². The summed E-state index contributed by atoms with van der Waals surface area (Å²) >= 11 is 6.15. The Morgan fingerprint density at radius 2 is 1.39 bits per heavy atom. The van der Waals surface area contributed by atoms with Crippen LogP contribution in [0.4, 0.5) is 0 Å². The maximum Gasteiger partial charge on any atom is 0.199 e. The predicted molar refractivity (Wildman–Crippen MR) is 98.1 cm³/mol. The maximum atomic E-state index is 6.15. The highest BCUT2D eigenvalue weighted by atomic mass is 35.5. The molecule has 3 nitrogen and oxygen atoms in total. The van der Waals surface area contributed by atoms with Gasteiger partial charge >= 0.3 is 0 Å². The van der Waals surface area contributed by atoms with Gasteiger partial charge in [0.15, 0.2) is 5.29 Å². The van der Waals surface area contributed by atoms with Crippen molar-refractivity contribution < 1.29 is 0 Å². The lowest BCUT2D eigenvalue weighted by atomic mass is 9.92. The molecule has 0 fully saturated rings. The SMILES string of the molecule is CC(C)(C)C1N=C(Cl)NC(c2ccc(-c3ccccc3)cc2)=N1. The predicted octanol–water partition coefficient (Wildman–Crippen LogP) is 4.67. The third kappa shape index (κ3) is 3.62. The van der Waals surface area contributed by atoms with Gasteiger partial charge in [0.05, 0.1) is 0 Å². The molecule has 23 heavy (non-hydrogen) atoms. The van der Waals surface area contributed by atoms with Crippen molar-refractivity contribution in [2.75, 3.05) is 0 Å². The highest BCUT2D eigenvalue weighted by Gasteiger charge is 2.27. The molecule has 0 aliphatic carbocycles. The molecule has 2 aromatic carbocycles. The number of benzene rings is 2. The third-order valence-electron chi connectivity index (χ3n) is 3.75. The molecule has 0 amide bonds. The second-order valence-corrected chi connectivity index (χ2v) is 7.06. The summed E-state index contributed by atoms with van der Waals surface area (Å²) in [5.74, 6) is 0.768. The number of hydrogen-bond acceptors (Lipinski definition) is 3. The van der Waals surface area contributed by atoms with Gasteiger partial charge in [0.1, 0.15) is 12.0 Å². The highest BCUT2D eigenvalue weighted by Crippen LogP contribution is 2.26. The van der Waals surface area contributed by atoms with Gasteiger partial charge < -0.3 is 5.32 Å². The Morgan fingerprint density at radius 3 is 2.00 bits per heavy atom. The fourth-order valence-corrected chi connectivity index (χ4v) is 2.59. The number of hydrogen-bond donors (Lipinski definition) is 1. The summed E-state index contributed by atoms with van der Waals surface area (Å²) < 4.78 is 0. The number of amidine groups is 2. The van der Waals surface area contributed by atoms with E-state index in [2.05, 4.69) is 67.5 Å². The first kappa shape index (κ1) is 15.8. The molecule has 1 aliphatic heterocycles. The van der Waals surface area contributed by atoms with Crippen LogP contribution in [0.2, 0.25) is 0 Å². The van der Waals surface area contributed by atoms with Crippen LogP contribution in [0.3, 0.4) is 0 Å². The van der Waals surface area contributed by atoms with Crippen LogP contribution < -0.4 is 5.32 Å². The van der Waals surface area contributed by atoms with Crippen molar-refractivity contribution >= 4 is 22.7 Å². The average molecular weight is 326 g/mol. The number of nitrogens with one attached hydrogen (secondary N) is 1. The fraction of sp³-hybridized carbons (Fsp3) is 0.263. The van der Waals surface area contributed by atoms with E-state index in [1.54, 1.807) is 0 Å². The van der Waals surface area contributed by atoms with Gasteiger partial charge in [-0.2, -0.15) is 0 Å². The molecule has 1 heterocycles. The Labute approximate surface area is 142 Å². The lowest BCUT2D eigenvalue weighted by Crippen LogP contribution is -2.38. The minimum Gasteiger partial charge on any atom is -0.315 e. The van der Waals surface area contributed by atoms with E-state index < -0.39 is 0 Å². The first-order valence-corrected chi connectivity index (χ1v) is 8.05. The minimum absolute atomic E-state index is 0.0720. The molecule has 1 atom stereocenters. The van der Waals surface area contributed by atoms with E-state index in [0.29, 0.717) is 5.29 Å². The molecule has 1 unspecified atom stereocenters. The smallest absolute Gasteiger partial charge is 0.199 e. The van der Waals surface area contributed by atoms with Gasteiger partial charge in [0, 0.05) is 11.0 Å². The van der Waals surface area contributed by atoms with Crippen LogP contribution in [0, 0.1) is 5.41 Å². The molecule has 0 aromatic heterocycles. The van der Waals surface area contributed by atoms with E-state index >= 15 is 0 Å². The molecule has 0 saturated carbocycles. The third-order valence-corrected chi connectivity index (χ3v) is 3.94. The number of rotatable bonds is 2. The molecule has 1 N–H and O–H groups in total. The highest BCUT2D eigenvalue weighted by molar-refractivity contribution is 6.66. The number of halogens is 1. The molecular weight excluding hydrogens is 306 g/mol. The Bertz CT molecular complexity index is 740. The molecule has 0 radical (unpaired) electrons. The van der Waals surface area contributed by atoms with Crippen LogP contribution in [-0.2, 0) is 0 Å². The summed E-state index contributed by atoms with van der Waals surface area (Å²) in [4.78, 5) is 9.09. The summed E-state index contributed by atoms with van der Waals surface area (Å²) in [6.07, 6.45) is -0.181. The van der Waals surface area contributed by atoms with Crippen molar-refractivity contribution in [1.29, 1.82) is 0 Å². The van der Waals surface area contributed by atoms with Crippen LogP contribution >= 0.6 is 11.6 Å². The Morgan fingerprint density at radius 1 is 0.826 bits per heavy atom. The Hall–Kier alpha value is -2.13. The standard InChI is InChI=1S/C19H20ClN3/c1-19(2,3)17-21-16(22-18(20)23-17)15-11-9-14(10-12-15)13-7-5-4-6-8-13/h4-12,17H,1-3H3,(H,21,22,23). The quantitative estimate of drug-likeness (QED) is 0.800. The fourth-order valence-electron chi connectivity index (χ4n) is 2.41. The van der Waals surface area contributed by atoms with Crippen molar-refractivity contribution in [1.82, 2.24) is 5.32 Å². The van der Waals surface area contributed by atoms with E-state index in [0.717, 1.165) is 11.4 Å². The van der Waals surface area contributed by atoms with Gasteiger partial charge in [-0.3, -0.25) is 0 Å². The van der Waals surface area contributed by atoms with E-state index in [-0.39, 0.29) is 11.6 Å². The summed E-state index contributed by atoms with van der Waals surface area (Å²) in [5.41, 5.74) is 3.31. The molecule has 3 rings (SSSR count). The van der Waals surface area contributed by atoms with Gasteiger partial charge in [-0.1, -0.05) is 75.4 Å². The van der Waals surface area contributed by atoms with Gasteiger partial charge in [0.2, 0.25) is 0 Å². The van der Waals surface area contributed by atoms with Crippen LogP contribution in [0.25, 0.3) is 11.1 Å². The van der Waals surface area contributed by atoms with E-state index in [1.807, 2.05) is 18.2 Å². The molecule has 4 heteroatoms. The second-order valence-electron chi connectivity index (χ2n) is 6.71. The average Bonchev–Trinajstić information content (AvgIpc) is 2.54. The summed E-state index contributed by atoms with van der Waals surface area (Å²) in [7, 11) is 0. The largest absolute Gasteiger partial charge is 0.315 e. The zero-order valence-electron chi connectivity index (χ0n) is 13.5. The molecule has 0 spiro atoms. The molecule has 0 bridgehead atoms. The monoisotopic (exact) mass is 325 g/mol. The van der Waals surface area contributed by atoms with Crippen LogP contribution in [-0.4, -0.2) is 17.3 Å². The molecule has 1 aliphatic rings. The van der Waals surface area contributed by atoms with Gasteiger partial charge in [0.25, 0.3) is 0 Å². The van der Waals surface area contributed by atoms with Crippen LogP contribution in [0.1, 0.15) is 26.3 Å². The first-order valence-electron chi connectivity index (χ1n) is 7.67. The van der Waals surface area contributed by atoms with Crippen molar-refractivity contribution in [2.24, 2.45) is 15.4 Å². The number of nitrogens with zero attached hydrogens (tertiary/aromatic N) is 2. The molecular formula is C19H20ClN3. The Balaban J connectivity index is 1.89. The van der Waals surface area contributed by atoms with Gasteiger partial charge in [-0.05, 0) is 22.7 Å². The van der Waals surface area contributed by atoms with E-state index in [9.17, 15) is 0 Å². The molecule has 2 aromatic rings.